The molecular formula is C23H18BrNO4S2. The van der Waals surface area contributed by atoms with Crippen LogP contribution >= 0.6 is 39.0 Å². The molecule has 0 radical (unpaired) electrons. The van der Waals surface area contributed by atoms with Crippen LogP contribution in [0.1, 0.15) is 39.4 Å². The number of nitrogens with zero attached hydrogens (tertiary/aromatic N) is 1. The Morgan fingerprint density at radius 3 is 2.55 bits per heavy atom. The summed E-state index contributed by atoms with van der Waals surface area (Å²) in [5.41, 5.74) is 2.34. The van der Waals surface area contributed by atoms with E-state index in [1.54, 1.807) is 19.1 Å². The summed E-state index contributed by atoms with van der Waals surface area (Å²) in [7, 11) is 0. The number of rotatable bonds is 7. The average Bonchev–Trinajstić information content (AvgIpc) is 3.28. The van der Waals surface area contributed by atoms with Gasteiger partial charge in [0.05, 0.1) is 38.0 Å². The van der Waals surface area contributed by atoms with E-state index >= 15 is 0 Å². The molecule has 5 nitrogen and oxygen atoms in total. The van der Waals surface area contributed by atoms with Gasteiger partial charge in [-0.25, -0.2) is 4.79 Å². The van der Waals surface area contributed by atoms with E-state index in [1.807, 2.05) is 40.9 Å². The lowest BCUT2D eigenvalue weighted by atomic mass is 10.1. The minimum absolute atomic E-state index is 0.0406. The first-order valence-corrected chi connectivity index (χ1v) is 12.2. The van der Waals surface area contributed by atoms with Gasteiger partial charge in [0.15, 0.2) is 0 Å². The number of thiophene rings is 1. The van der Waals surface area contributed by atoms with E-state index < -0.39 is 5.97 Å². The smallest absolute Gasteiger partial charge is 0.341 e. The largest absolute Gasteiger partial charge is 0.462 e. The summed E-state index contributed by atoms with van der Waals surface area (Å²) in [5, 5.41) is 0.577. The SMILES string of the molecule is CCOC(=O)c1c2c(C(=O)c3ccc(Br)cc3)sc(SCC(C)=O)c2n2ccccc12. The molecule has 158 valence electrons. The van der Waals surface area contributed by atoms with Crippen LogP contribution in [0.15, 0.2) is 57.3 Å². The highest BCUT2D eigenvalue weighted by molar-refractivity contribution is 9.10. The monoisotopic (exact) mass is 515 g/mol. The molecule has 0 N–H and O–H groups in total. The van der Waals surface area contributed by atoms with Gasteiger partial charge in [0.2, 0.25) is 5.78 Å². The molecule has 0 atom stereocenters. The summed E-state index contributed by atoms with van der Waals surface area (Å²) < 4.78 is 8.94. The molecule has 0 saturated carbocycles. The van der Waals surface area contributed by atoms with Gasteiger partial charge in [-0.1, -0.05) is 22.0 Å². The van der Waals surface area contributed by atoms with Crippen LogP contribution < -0.4 is 0 Å². The van der Waals surface area contributed by atoms with Crippen molar-refractivity contribution in [2.24, 2.45) is 0 Å². The Bertz CT molecular complexity index is 1320. The van der Waals surface area contributed by atoms with E-state index in [9.17, 15) is 14.4 Å². The molecule has 0 aliphatic rings. The molecular weight excluding hydrogens is 498 g/mol. The van der Waals surface area contributed by atoms with Crippen molar-refractivity contribution in [2.45, 2.75) is 18.1 Å². The van der Waals surface area contributed by atoms with Gasteiger partial charge in [-0.3, -0.25) is 9.59 Å². The number of esters is 1. The fourth-order valence-corrected chi connectivity index (χ4v) is 5.98. The maximum Gasteiger partial charge on any atom is 0.341 e. The third-order valence-corrected chi connectivity index (χ3v) is 7.77. The van der Waals surface area contributed by atoms with Gasteiger partial charge in [-0.2, -0.15) is 0 Å². The van der Waals surface area contributed by atoms with Gasteiger partial charge in [0, 0.05) is 21.6 Å². The molecule has 3 heterocycles. The van der Waals surface area contributed by atoms with E-state index in [4.69, 9.17) is 4.74 Å². The Hall–Kier alpha value is -2.42. The number of Topliss-reactive ketones (excluding diaryl/α,β-unsaturated/α-hetero) is 1. The van der Waals surface area contributed by atoms with Crippen LogP contribution in [-0.2, 0) is 9.53 Å². The Kier molecular flexibility index (Phi) is 6.31. The summed E-state index contributed by atoms with van der Waals surface area (Å²) >= 11 is 6.09. The normalized spacial score (nSPS) is 11.2. The molecule has 8 heteroatoms. The Morgan fingerprint density at radius 2 is 1.87 bits per heavy atom. The first-order valence-electron chi connectivity index (χ1n) is 9.57. The number of aromatic nitrogens is 1. The maximum atomic E-state index is 13.5. The molecule has 4 rings (SSSR count). The minimum atomic E-state index is -0.466. The number of pyridine rings is 1. The fourth-order valence-electron chi connectivity index (χ4n) is 3.39. The van der Waals surface area contributed by atoms with Crippen LogP contribution in [0.2, 0.25) is 0 Å². The molecule has 1 aromatic carbocycles. The van der Waals surface area contributed by atoms with E-state index in [1.165, 1.54) is 30.0 Å². The van der Waals surface area contributed by atoms with Crippen molar-refractivity contribution >= 4 is 73.0 Å². The summed E-state index contributed by atoms with van der Waals surface area (Å²) in [5.74, 6) is -0.305. The van der Waals surface area contributed by atoms with Crippen LogP contribution in [0.4, 0.5) is 0 Å². The predicted octanol–water partition coefficient (Wildman–Crippen LogP) is 6.01. The lowest BCUT2D eigenvalue weighted by molar-refractivity contribution is -0.114. The maximum absolute atomic E-state index is 13.5. The van der Waals surface area contributed by atoms with Crippen molar-refractivity contribution in [2.75, 3.05) is 12.4 Å². The van der Waals surface area contributed by atoms with Gasteiger partial charge in [0.1, 0.15) is 5.78 Å². The molecule has 0 aliphatic heterocycles. The molecule has 4 aromatic rings. The quantitative estimate of drug-likeness (QED) is 0.171. The van der Waals surface area contributed by atoms with Gasteiger partial charge in [-0.05, 0) is 50.2 Å². The number of carbonyl (C=O) groups excluding carboxylic acids is 3. The van der Waals surface area contributed by atoms with Gasteiger partial charge >= 0.3 is 5.97 Å². The molecule has 0 unspecified atom stereocenters. The van der Waals surface area contributed by atoms with E-state index in [0.717, 1.165) is 14.2 Å². The number of carbonyl (C=O) groups is 3. The van der Waals surface area contributed by atoms with E-state index in [0.29, 0.717) is 26.9 Å². The standard InChI is InChI=1S/C23H18BrNO4S2/c1-3-29-22(28)17-16-6-4-5-11-25(16)19-18(17)21(31-23(19)30-12-13(2)26)20(27)14-7-9-15(24)10-8-14/h4-11H,3,12H2,1-2H3. The highest BCUT2D eigenvalue weighted by Gasteiger charge is 2.29. The second kappa shape index (κ2) is 8.98. The van der Waals surface area contributed by atoms with Crippen LogP contribution in [0.5, 0.6) is 0 Å². The molecule has 0 saturated heterocycles. The summed E-state index contributed by atoms with van der Waals surface area (Å²) in [6.45, 7) is 3.52. The number of ether oxygens (including phenoxy) is 1. The second-order valence-corrected chi connectivity index (χ2v) is 10.0. The zero-order valence-electron chi connectivity index (χ0n) is 16.8. The summed E-state index contributed by atoms with van der Waals surface area (Å²) in [6.07, 6.45) is 1.86. The molecule has 0 aliphatic carbocycles. The Balaban J connectivity index is 2.02. The van der Waals surface area contributed by atoms with E-state index in [-0.39, 0.29) is 23.9 Å². The van der Waals surface area contributed by atoms with Crippen LogP contribution in [-0.4, -0.2) is 34.3 Å². The first kappa shape index (κ1) is 21.8. The summed E-state index contributed by atoms with van der Waals surface area (Å²) in [4.78, 5) is 38.6. The van der Waals surface area contributed by atoms with Gasteiger partial charge in [-0.15, -0.1) is 23.1 Å². The van der Waals surface area contributed by atoms with Crippen molar-refractivity contribution in [1.82, 2.24) is 4.40 Å². The van der Waals surface area contributed by atoms with Crippen LogP contribution in [0.25, 0.3) is 16.4 Å². The lowest BCUT2D eigenvalue weighted by Crippen LogP contribution is -2.06. The Morgan fingerprint density at radius 1 is 1.13 bits per heavy atom. The van der Waals surface area contributed by atoms with Crippen molar-refractivity contribution in [3.63, 3.8) is 0 Å². The molecule has 0 amide bonds. The van der Waals surface area contributed by atoms with Crippen molar-refractivity contribution in [1.29, 1.82) is 0 Å². The van der Waals surface area contributed by atoms with Crippen molar-refractivity contribution in [3.8, 4) is 0 Å². The molecule has 31 heavy (non-hydrogen) atoms. The molecule has 0 bridgehead atoms. The van der Waals surface area contributed by atoms with Crippen molar-refractivity contribution < 1.29 is 19.1 Å². The van der Waals surface area contributed by atoms with E-state index in [2.05, 4.69) is 15.9 Å². The highest BCUT2D eigenvalue weighted by atomic mass is 79.9. The third-order valence-electron chi connectivity index (χ3n) is 4.66. The fraction of sp³-hybridized carbons (Fsp3) is 0.174. The molecule has 0 spiro atoms. The number of hydrogen-bond donors (Lipinski definition) is 0. The number of hydrogen-bond acceptors (Lipinski definition) is 6. The number of ketones is 2. The molecule has 3 aromatic heterocycles. The topological polar surface area (TPSA) is 64.9 Å². The highest BCUT2D eigenvalue weighted by Crippen LogP contribution is 2.43. The second-order valence-electron chi connectivity index (χ2n) is 6.82. The van der Waals surface area contributed by atoms with Crippen LogP contribution in [0.3, 0.4) is 0 Å². The zero-order valence-corrected chi connectivity index (χ0v) is 20.0. The zero-order chi connectivity index (χ0) is 22.1. The Labute approximate surface area is 195 Å². The van der Waals surface area contributed by atoms with Crippen LogP contribution in [0, 0.1) is 0 Å². The molecule has 0 fully saturated rings. The third kappa shape index (κ3) is 4.07. The average molecular weight is 516 g/mol. The summed E-state index contributed by atoms with van der Waals surface area (Å²) in [6, 6.07) is 12.7. The van der Waals surface area contributed by atoms with Crippen molar-refractivity contribution in [3.05, 3.63) is 69.1 Å². The predicted molar refractivity (Wildman–Crippen MR) is 128 cm³/mol. The lowest BCUT2D eigenvalue weighted by Gasteiger charge is -2.04. The van der Waals surface area contributed by atoms with Gasteiger partial charge in [0.25, 0.3) is 0 Å². The number of fused-ring (bicyclic) bond motifs is 3. The minimum Gasteiger partial charge on any atom is -0.462 e. The number of thioether (sulfide) groups is 1. The number of benzene rings is 1. The first-order chi connectivity index (χ1) is 14.9. The number of halogens is 1. The van der Waals surface area contributed by atoms with Gasteiger partial charge < -0.3 is 9.14 Å².